The minimum atomic E-state index is -0.239. The number of rotatable bonds is 5. The molecular weight excluding hydrogens is 258 g/mol. The van der Waals surface area contributed by atoms with Gasteiger partial charge in [-0.3, -0.25) is 14.5 Å². The summed E-state index contributed by atoms with van der Waals surface area (Å²) in [5.74, 6) is -0.471. The van der Waals surface area contributed by atoms with Crippen molar-refractivity contribution in [3.05, 3.63) is 35.9 Å². The molecular formula is C14H17N3O3. The van der Waals surface area contributed by atoms with Crippen LogP contribution in [0.5, 0.6) is 0 Å². The zero-order valence-corrected chi connectivity index (χ0v) is 11.1. The first-order valence-corrected chi connectivity index (χ1v) is 6.47. The molecule has 0 saturated carbocycles. The van der Waals surface area contributed by atoms with Gasteiger partial charge in [0.05, 0.1) is 26.0 Å². The van der Waals surface area contributed by atoms with Crippen molar-refractivity contribution in [3.8, 4) is 0 Å². The Morgan fingerprint density at radius 3 is 2.65 bits per heavy atom. The fourth-order valence-corrected chi connectivity index (χ4v) is 1.84. The van der Waals surface area contributed by atoms with Crippen LogP contribution < -0.4 is 5.43 Å². The van der Waals surface area contributed by atoms with Crippen LogP contribution in [0.15, 0.2) is 35.4 Å². The van der Waals surface area contributed by atoms with Crippen molar-refractivity contribution < 1.29 is 14.3 Å². The molecule has 6 heteroatoms. The summed E-state index contributed by atoms with van der Waals surface area (Å²) >= 11 is 0. The average molecular weight is 275 g/mol. The van der Waals surface area contributed by atoms with Gasteiger partial charge < -0.3 is 4.74 Å². The second-order valence-corrected chi connectivity index (χ2v) is 4.41. The Kier molecular flexibility index (Phi) is 5.40. The third-order valence-electron chi connectivity index (χ3n) is 2.90. The predicted molar refractivity (Wildman–Crippen MR) is 74.7 cm³/mol. The molecule has 0 unspecified atom stereocenters. The quantitative estimate of drug-likeness (QED) is 0.477. The fourth-order valence-electron chi connectivity index (χ4n) is 1.84. The van der Waals surface area contributed by atoms with Crippen LogP contribution in [0, 0.1) is 0 Å². The number of morpholine rings is 1. The molecule has 0 aliphatic carbocycles. The maximum atomic E-state index is 11.7. The summed E-state index contributed by atoms with van der Waals surface area (Å²) in [4.78, 5) is 25.3. The largest absolute Gasteiger partial charge is 0.379 e. The third-order valence-corrected chi connectivity index (χ3v) is 2.90. The molecule has 1 N–H and O–H groups in total. The number of Topliss-reactive ketones (excluding diaryl/α,β-unsaturated/α-hetero) is 1. The lowest BCUT2D eigenvalue weighted by Gasteiger charge is -2.25. The van der Waals surface area contributed by atoms with Gasteiger partial charge in [0.2, 0.25) is 5.78 Å². The molecule has 0 spiro atoms. The Balaban J connectivity index is 1.75. The molecule has 1 amide bonds. The molecule has 20 heavy (non-hydrogen) atoms. The summed E-state index contributed by atoms with van der Waals surface area (Å²) in [7, 11) is 0. The molecule has 1 aliphatic rings. The number of hydrogen-bond donors (Lipinski definition) is 1. The van der Waals surface area contributed by atoms with E-state index in [1.807, 2.05) is 11.0 Å². The maximum absolute atomic E-state index is 11.7. The van der Waals surface area contributed by atoms with Crippen molar-refractivity contribution in [3.63, 3.8) is 0 Å². The third kappa shape index (κ3) is 4.56. The van der Waals surface area contributed by atoms with Gasteiger partial charge in [-0.2, -0.15) is 5.10 Å². The highest BCUT2D eigenvalue weighted by atomic mass is 16.5. The second-order valence-electron chi connectivity index (χ2n) is 4.41. The van der Waals surface area contributed by atoms with Gasteiger partial charge in [-0.05, 0) is 0 Å². The molecule has 1 fully saturated rings. The topological polar surface area (TPSA) is 71.0 Å². The minimum absolute atomic E-state index is 0.232. The highest BCUT2D eigenvalue weighted by molar-refractivity contribution is 6.35. The van der Waals surface area contributed by atoms with Crippen molar-refractivity contribution in [2.45, 2.75) is 0 Å². The van der Waals surface area contributed by atoms with Crippen molar-refractivity contribution >= 4 is 17.9 Å². The predicted octanol–water partition coefficient (Wildman–Crippen LogP) is 0.304. The monoisotopic (exact) mass is 275 g/mol. The van der Waals surface area contributed by atoms with Gasteiger partial charge in [-0.15, -0.1) is 0 Å². The first-order valence-electron chi connectivity index (χ1n) is 6.47. The lowest BCUT2D eigenvalue weighted by molar-refractivity contribution is -0.123. The fraction of sp³-hybridized carbons (Fsp3) is 0.357. The van der Waals surface area contributed by atoms with Gasteiger partial charge in [0.1, 0.15) is 0 Å². The summed E-state index contributed by atoms with van der Waals surface area (Å²) in [6.45, 7) is 3.02. The molecule has 106 valence electrons. The first-order chi connectivity index (χ1) is 9.75. The van der Waals surface area contributed by atoms with Gasteiger partial charge in [0.15, 0.2) is 0 Å². The number of hydrogen-bond acceptors (Lipinski definition) is 5. The standard InChI is InChI=1S/C14H17N3O3/c18-13(12-4-2-1-3-5-12)10-15-16-14(19)11-17-6-8-20-9-7-17/h1-5,10H,6-9,11H2,(H,16,19)/b15-10+. The molecule has 0 atom stereocenters. The van der Waals surface area contributed by atoms with Crippen molar-refractivity contribution in [1.29, 1.82) is 0 Å². The molecule has 1 saturated heterocycles. The van der Waals surface area contributed by atoms with E-state index in [0.29, 0.717) is 18.8 Å². The molecule has 1 heterocycles. The van der Waals surface area contributed by atoms with E-state index < -0.39 is 0 Å². The smallest absolute Gasteiger partial charge is 0.254 e. The van der Waals surface area contributed by atoms with E-state index in [0.717, 1.165) is 19.3 Å². The number of benzene rings is 1. The number of carbonyl (C=O) groups excluding carboxylic acids is 2. The van der Waals surface area contributed by atoms with Crippen molar-refractivity contribution in [2.24, 2.45) is 5.10 Å². The Morgan fingerprint density at radius 1 is 1.25 bits per heavy atom. The zero-order valence-electron chi connectivity index (χ0n) is 11.1. The van der Waals surface area contributed by atoms with Gasteiger partial charge in [0.25, 0.3) is 5.91 Å². The second kappa shape index (κ2) is 7.52. The molecule has 1 aromatic carbocycles. The Bertz CT molecular complexity index is 482. The van der Waals surface area contributed by atoms with Gasteiger partial charge >= 0.3 is 0 Å². The highest BCUT2D eigenvalue weighted by Gasteiger charge is 2.13. The Morgan fingerprint density at radius 2 is 1.95 bits per heavy atom. The van der Waals surface area contributed by atoms with Crippen LogP contribution in [0.1, 0.15) is 10.4 Å². The minimum Gasteiger partial charge on any atom is -0.379 e. The summed E-state index contributed by atoms with van der Waals surface area (Å²) in [6.07, 6.45) is 1.12. The lowest BCUT2D eigenvalue weighted by Crippen LogP contribution is -2.42. The van der Waals surface area contributed by atoms with E-state index in [4.69, 9.17) is 4.74 Å². The van der Waals surface area contributed by atoms with E-state index in [2.05, 4.69) is 10.5 Å². The van der Waals surface area contributed by atoms with Gasteiger partial charge in [0, 0.05) is 18.7 Å². The van der Waals surface area contributed by atoms with Crippen LogP contribution in [0.2, 0.25) is 0 Å². The number of nitrogens with one attached hydrogen (secondary N) is 1. The van der Waals surface area contributed by atoms with Gasteiger partial charge in [-0.25, -0.2) is 5.43 Å². The van der Waals surface area contributed by atoms with Crippen LogP contribution in [0.25, 0.3) is 0 Å². The number of amides is 1. The number of ether oxygens (including phenoxy) is 1. The van der Waals surface area contributed by atoms with E-state index in [-0.39, 0.29) is 18.2 Å². The summed E-state index contributed by atoms with van der Waals surface area (Å²) in [5.41, 5.74) is 2.90. The molecule has 0 radical (unpaired) electrons. The van der Waals surface area contributed by atoms with E-state index in [1.54, 1.807) is 24.3 Å². The molecule has 0 aromatic heterocycles. The first kappa shape index (κ1) is 14.4. The van der Waals surface area contributed by atoms with E-state index in [9.17, 15) is 9.59 Å². The summed E-state index contributed by atoms with van der Waals surface area (Å²) < 4.78 is 5.20. The average Bonchev–Trinajstić information content (AvgIpc) is 2.49. The normalized spacial score (nSPS) is 16.2. The lowest BCUT2D eigenvalue weighted by atomic mass is 10.1. The SMILES string of the molecule is O=C(CN1CCOCC1)N/N=C/C(=O)c1ccccc1. The maximum Gasteiger partial charge on any atom is 0.254 e. The molecule has 1 aliphatic heterocycles. The Hall–Kier alpha value is -2.05. The van der Waals surface area contributed by atoms with Crippen LogP contribution in [-0.2, 0) is 9.53 Å². The molecule has 1 aromatic rings. The number of ketones is 1. The van der Waals surface area contributed by atoms with Gasteiger partial charge in [-0.1, -0.05) is 30.3 Å². The summed E-state index contributed by atoms with van der Waals surface area (Å²) in [6, 6.07) is 8.78. The van der Waals surface area contributed by atoms with E-state index >= 15 is 0 Å². The Labute approximate surface area is 117 Å². The van der Waals surface area contributed by atoms with Crippen LogP contribution >= 0.6 is 0 Å². The highest BCUT2D eigenvalue weighted by Crippen LogP contribution is 1.98. The number of nitrogens with zero attached hydrogens (tertiary/aromatic N) is 2. The van der Waals surface area contributed by atoms with Crippen LogP contribution in [0.3, 0.4) is 0 Å². The number of hydrazone groups is 1. The molecule has 2 rings (SSSR count). The van der Waals surface area contributed by atoms with E-state index in [1.165, 1.54) is 0 Å². The van der Waals surface area contributed by atoms with Crippen molar-refractivity contribution in [2.75, 3.05) is 32.8 Å². The summed E-state index contributed by atoms with van der Waals surface area (Å²) in [5, 5.41) is 3.68. The zero-order chi connectivity index (χ0) is 14.2. The van der Waals surface area contributed by atoms with Crippen LogP contribution in [-0.4, -0.2) is 55.7 Å². The molecule has 0 bridgehead atoms. The van der Waals surface area contributed by atoms with Crippen molar-refractivity contribution in [1.82, 2.24) is 10.3 Å². The number of carbonyl (C=O) groups is 2. The molecule has 6 nitrogen and oxygen atoms in total. The van der Waals surface area contributed by atoms with Crippen LogP contribution in [0.4, 0.5) is 0 Å².